The molecule has 9 heteroatoms. The summed E-state index contributed by atoms with van der Waals surface area (Å²) in [5, 5.41) is 2.56. The van der Waals surface area contributed by atoms with E-state index in [4.69, 9.17) is 10.5 Å². The highest BCUT2D eigenvalue weighted by molar-refractivity contribution is 5.95. The van der Waals surface area contributed by atoms with Crippen LogP contribution in [0.5, 0.6) is 5.88 Å². The molecule has 170 valence electrons. The number of aromatic nitrogens is 1. The van der Waals surface area contributed by atoms with Gasteiger partial charge in [0.2, 0.25) is 5.88 Å². The van der Waals surface area contributed by atoms with E-state index < -0.39 is 22.9 Å². The molecule has 1 aromatic rings. The maximum absolute atomic E-state index is 13.8. The van der Waals surface area contributed by atoms with Crippen LogP contribution in [0.25, 0.3) is 0 Å². The number of nitrogens with one attached hydrogen (secondary N) is 1. The number of rotatable bonds is 9. The molecule has 1 unspecified atom stereocenters. The Morgan fingerprint density at radius 3 is 2.71 bits per heavy atom. The second-order valence-corrected chi connectivity index (χ2v) is 9.82. The first-order valence-corrected chi connectivity index (χ1v) is 10.9. The number of hydrogen-bond donors (Lipinski definition) is 2. The van der Waals surface area contributed by atoms with Gasteiger partial charge in [-0.1, -0.05) is 13.8 Å². The summed E-state index contributed by atoms with van der Waals surface area (Å²) in [4.78, 5) is 30.5. The molecule has 3 N–H and O–H groups in total. The van der Waals surface area contributed by atoms with E-state index in [1.54, 1.807) is 6.07 Å². The highest BCUT2D eigenvalue weighted by Crippen LogP contribution is 2.65. The topological polar surface area (TPSA) is 97.5 Å². The average Bonchev–Trinajstić information content (AvgIpc) is 3.56. The quantitative estimate of drug-likeness (QED) is 0.456. The van der Waals surface area contributed by atoms with Crippen molar-refractivity contribution in [2.24, 2.45) is 23.0 Å². The number of anilines is 1. The molecular formula is C22H30F2N4O3. The highest BCUT2D eigenvalue weighted by Gasteiger charge is 2.72. The van der Waals surface area contributed by atoms with E-state index in [1.807, 2.05) is 18.7 Å². The van der Waals surface area contributed by atoms with Gasteiger partial charge in [-0.3, -0.25) is 9.59 Å². The Morgan fingerprint density at radius 2 is 2.16 bits per heavy atom. The van der Waals surface area contributed by atoms with Gasteiger partial charge in [0.1, 0.15) is 11.4 Å². The van der Waals surface area contributed by atoms with Gasteiger partial charge in [-0.2, -0.15) is 0 Å². The van der Waals surface area contributed by atoms with Crippen molar-refractivity contribution in [1.29, 1.82) is 0 Å². The number of nitrogens with two attached hydrogens (primary N) is 1. The number of aldehydes is 1. The number of halogens is 2. The van der Waals surface area contributed by atoms with Crippen molar-refractivity contribution in [3.63, 3.8) is 0 Å². The first-order chi connectivity index (χ1) is 14.6. The SMILES string of the molecule is CC(C)C[C@@](N)(C=O)NC(=O)c1ccc(N2CCC3(C2)CC3(F)F)c(OCC2CC2)n1. The molecule has 2 atom stereocenters. The summed E-state index contributed by atoms with van der Waals surface area (Å²) < 4.78 is 33.6. The first kappa shape index (κ1) is 21.9. The molecule has 1 aliphatic heterocycles. The molecule has 1 aromatic heterocycles. The van der Waals surface area contributed by atoms with Gasteiger partial charge in [0.15, 0.2) is 6.29 Å². The highest BCUT2D eigenvalue weighted by atomic mass is 19.3. The van der Waals surface area contributed by atoms with Gasteiger partial charge in [-0.05, 0) is 49.7 Å². The van der Waals surface area contributed by atoms with Crippen LogP contribution in [0.3, 0.4) is 0 Å². The van der Waals surface area contributed by atoms with Crippen LogP contribution in [0.2, 0.25) is 0 Å². The standard InChI is InChI=1S/C22H30F2N4O3/c1-14(2)9-21(25,13-29)27-18(30)16-5-6-17(19(26-16)31-10-15-3-4-15)28-8-7-20(12-28)11-22(20,23)24/h5-6,13-15H,3-4,7-12,25H2,1-2H3,(H,27,30)/t20?,21-/m0/s1. The minimum Gasteiger partial charge on any atom is -0.476 e. The monoisotopic (exact) mass is 436 g/mol. The number of pyridine rings is 1. The zero-order valence-electron chi connectivity index (χ0n) is 18.0. The number of ether oxygens (including phenoxy) is 1. The van der Waals surface area contributed by atoms with Crippen molar-refractivity contribution < 1.29 is 23.1 Å². The lowest BCUT2D eigenvalue weighted by atomic mass is 9.99. The molecule has 7 nitrogen and oxygen atoms in total. The third kappa shape index (κ3) is 4.51. The molecule has 4 rings (SSSR count). The van der Waals surface area contributed by atoms with Crippen LogP contribution >= 0.6 is 0 Å². The molecule has 3 aliphatic rings. The average molecular weight is 437 g/mol. The number of hydrogen-bond acceptors (Lipinski definition) is 6. The van der Waals surface area contributed by atoms with E-state index in [0.717, 1.165) is 12.8 Å². The molecule has 2 saturated carbocycles. The van der Waals surface area contributed by atoms with Crippen molar-refractivity contribution in [2.45, 2.75) is 57.5 Å². The molecule has 2 aliphatic carbocycles. The lowest BCUT2D eigenvalue weighted by Gasteiger charge is -2.26. The van der Waals surface area contributed by atoms with E-state index in [2.05, 4.69) is 10.3 Å². The Balaban J connectivity index is 1.53. The Hall–Kier alpha value is -2.29. The first-order valence-electron chi connectivity index (χ1n) is 10.9. The molecule has 0 bridgehead atoms. The second kappa shape index (κ2) is 7.69. The van der Waals surface area contributed by atoms with Crippen molar-refractivity contribution >= 4 is 17.9 Å². The van der Waals surface area contributed by atoms with Crippen molar-refractivity contribution in [3.8, 4) is 5.88 Å². The Bertz CT molecular complexity index is 876. The number of nitrogens with zero attached hydrogens (tertiary/aromatic N) is 2. The molecule has 1 amide bonds. The molecule has 31 heavy (non-hydrogen) atoms. The number of carbonyl (C=O) groups excluding carboxylic acids is 2. The zero-order chi connectivity index (χ0) is 22.4. The fourth-order valence-corrected chi connectivity index (χ4v) is 4.37. The van der Waals surface area contributed by atoms with E-state index in [9.17, 15) is 18.4 Å². The van der Waals surface area contributed by atoms with Gasteiger partial charge in [0.05, 0.1) is 17.7 Å². The minimum atomic E-state index is -2.61. The molecular weight excluding hydrogens is 406 g/mol. The summed E-state index contributed by atoms with van der Waals surface area (Å²) in [7, 11) is 0. The number of alkyl halides is 2. The predicted octanol–water partition coefficient (Wildman–Crippen LogP) is 2.74. The summed E-state index contributed by atoms with van der Waals surface area (Å²) in [5.41, 5.74) is 4.29. The van der Waals surface area contributed by atoms with Gasteiger partial charge < -0.3 is 20.7 Å². The Kier molecular flexibility index (Phi) is 5.44. The predicted molar refractivity (Wildman–Crippen MR) is 111 cm³/mol. The largest absolute Gasteiger partial charge is 0.476 e. The van der Waals surface area contributed by atoms with Crippen LogP contribution in [-0.2, 0) is 4.79 Å². The van der Waals surface area contributed by atoms with E-state index in [0.29, 0.717) is 37.5 Å². The summed E-state index contributed by atoms with van der Waals surface area (Å²) in [6, 6.07) is 3.20. The van der Waals surface area contributed by atoms with Gasteiger partial charge in [-0.15, -0.1) is 0 Å². The molecule has 2 heterocycles. The fourth-order valence-electron chi connectivity index (χ4n) is 4.37. The summed E-state index contributed by atoms with van der Waals surface area (Å²) in [6.45, 7) is 5.02. The van der Waals surface area contributed by atoms with Crippen molar-refractivity contribution in [2.75, 3.05) is 24.6 Å². The van der Waals surface area contributed by atoms with Crippen LogP contribution in [0.4, 0.5) is 14.5 Å². The van der Waals surface area contributed by atoms with E-state index in [-0.39, 0.29) is 36.9 Å². The smallest absolute Gasteiger partial charge is 0.271 e. The van der Waals surface area contributed by atoms with Gasteiger partial charge in [0.25, 0.3) is 11.8 Å². The van der Waals surface area contributed by atoms with Crippen molar-refractivity contribution in [1.82, 2.24) is 10.3 Å². The Morgan fingerprint density at radius 1 is 1.45 bits per heavy atom. The maximum Gasteiger partial charge on any atom is 0.271 e. The van der Waals surface area contributed by atoms with Crippen LogP contribution in [0.15, 0.2) is 12.1 Å². The molecule has 1 saturated heterocycles. The maximum atomic E-state index is 13.8. The van der Waals surface area contributed by atoms with E-state index >= 15 is 0 Å². The lowest BCUT2D eigenvalue weighted by molar-refractivity contribution is -0.113. The summed E-state index contributed by atoms with van der Waals surface area (Å²) in [6.07, 6.45) is 3.33. The van der Waals surface area contributed by atoms with Crippen LogP contribution in [-0.4, -0.2) is 48.5 Å². The van der Waals surface area contributed by atoms with E-state index in [1.165, 1.54) is 6.07 Å². The van der Waals surface area contributed by atoms with Crippen LogP contribution < -0.4 is 20.7 Å². The van der Waals surface area contributed by atoms with Gasteiger partial charge in [-0.25, -0.2) is 13.8 Å². The van der Waals surface area contributed by atoms with Gasteiger partial charge >= 0.3 is 0 Å². The molecule has 0 radical (unpaired) electrons. The lowest BCUT2D eigenvalue weighted by Crippen LogP contribution is -2.58. The zero-order valence-corrected chi connectivity index (χ0v) is 18.0. The van der Waals surface area contributed by atoms with Gasteiger partial charge in [0, 0.05) is 19.5 Å². The second-order valence-electron chi connectivity index (χ2n) is 9.82. The third-order valence-corrected chi connectivity index (χ3v) is 6.43. The molecule has 3 fully saturated rings. The molecule has 1 spiro atoms. The normalized spacial score (nSPS) is 26.1. The molecule has 0 aromatic carbocycles. The summed E-state index contributed by atoms with van der Waals surface area (Å²) >= 11 is 0. The number of carbonyl (C=O) groups is 2. The summed E-state index contributed by atoms with van der Waals surface area (Å²) in [5.74, 6) is -2.36. The minimum absolute atomic E-state index is 0.0700. The van der Waals surface area contributed by atoms with Crippen LogP contribution in [0, 0.1) is 17.3 Å². The third-order valence-electron chi connectivity index (χ3n) is 6.43. The van der Waals surface area contributed by atoms with Crippen LogP contribution in [0.1, 0.15) is 56.4 Å². The number of amides is 1. The fraction of sp³-hybridized carbons (Fsp3) is 0.682. The Labute approximate surface area is 180 Å². The van der Waals surface area contributed by atoms with Crippen molar-refractivity contribution in [3.05, 3.63) is 17.8 Å².